The number of aromatic nitrogens is 1. The number of anilines is 1. The molecule has 2 fully saturated rings. The highest BCUT2D eigenvalue weighted by Gasteiger charge is 2.37. The van der Waals surface area contributed by atoms with Gasteiger partial charge in [-0.25, -0.2) is 9.69 Å². The molecule has 2 saturated heterocycles. The number of morpholine rings is 1. The Morgan fingerprint density at radius 3 is 2.56 bits per heavy atom. The SMILES string of the molecule is Cc1cccc(N2C(=O)NC(=O)/C(=C\c3cn(CC(=O)N4CCOCC4)c4ccccc34)C2=O)c1C. The number of nitrogens with one attached hydrogen (secondary N) is 1. The molecule has 3 aromatic rings. The summed E-state index contributed by atoms with van der Waals surface area (Å²) in [7, 11) is 0. The zero-order chi connectivity index (χ0) is 25.4. The van der Waals surface area contributed by atoms with Gasteiger partial charge in [0, 0.05) is 35.8 Å². The number of carbonyl (C=O) groups is 4. The Bertz CT molecular complexity index is 1430. The molecule has 2 aliphatic heterocycles. The molecular formula is C27H26N4O5. The number of nitrogens with zero attached hydrogens (tertiary/aromatic N) is 3. The topological polar surface area (TPSA) is 101 Å². The van der Waals surface area contributed by atoms with E-state index in [1.807, 2.05) is 48.7 Å². The quantitative estimate of drug-likeness (QED) is 0.452. The van der Waals surface area contributed by atoms with Gasteiger partial charge in [0.2, 0.25) is 5.91 Å². The summed E-state index contributed by atoms with van der Waals surface area (Å²) in [6.07, 6.45) is 3.25. The minimum atomic E-state index is -0.783. The van der Waals surface area contributed by atoms with E-state index < -0.39 is 17.8 Å². The number of rotatable bonds is 4. The highest BCUT2D eigenvalue weighted by molar-refractivity contribution is 6.39. The van der Waals surface area contributed by atoms with Gasteiger partial charge < -0.3 is 14.2 Å². The van der Waals surface area contributed by atoms with E-state index in [-0.39, 0.29) is 18.0 Å². The number of hydrogen-bond acceptors (Lipinski definition) is 5. The van der Waals surface area contributed by atoms with Crippen LogP contribution < -0.4 is 10.2 Å². The summed E-state index contributed by atoms with van der Waals surface area (Å²) in [5.74, 6) is -1.48. The van der Waals surface area contributed by atoms with E-state index in [1.165, 1.54) is 6.08 Å². The Morgan fingerprint density at radius 2 is 1.78 bits per heavy atom. The summed E-state index contributed by atoms with van der Waals surface area (Å²) in [5.41, 5.74) is 3.37. The Hall–Kier alpha value is -4.24. The van der Waals surface area contributed by atoms with Gasteiger partial charge >= 0.3 is 6.03 Å². The highest BCUT2D eigenvalue weighted by Crippen LogP contribution is 2.29. The summed E-state index contributed by atoms with van der Waals surface area (Å²) >= 11 is 0. The van der Waals surface area contributed by atoms with Crippen molar-refractivity contribution in [3.05, 3.63) is 70.9 Å². The molecule has 0 aliphatic carbocycles. The van der Waals surface area contributed by atoms with Crippen molar-refractivity contribution >= 4 is 46.4 Å². The number of hydrogen-bond donors (Lipinski definition) is 1. The monoisotopic (exact) mass is 486 g/mol. The molecule has 2 aliphatic rings. The molecule has 1 N–H and O–H groups in total. The van der Waals surface area contributed by atoms with Crippen LogP contribution in [0.2, 0.25) is 0 Å². The third kappa shape index (κ3) is 4.18. The number of aryl methyl sites for hydroxylation is 1. The van der Waals surface area contributed by atoms with Gasteiger partial charge in [-0.3, -0.25) is 19.7 Å². The smallest absolute Gasteiger partial charge is 0.335 e. The third-order valence-corrected chi connectivity index (χ3v) is 6.71. The van der Waals surface area contributed by atoms with Crippen LogP contribution in [0.5, 0.6) is 0 Å². The van der Waals surface area contributed by atoms with Crippen LogP contribution in [0.15, 0.2) is 54.2 Å². The maximum absolute atomic E-state index is 13.4. The maximum Gasteiger partial charge on any atom is 0.335 e. The number of para-hydroxylation sites is 1. The lowest BCUT2D eigenvalue weighted by Gasteiger charge is -2.28. The molecule has 0 saturated carbocycles. The summed E-state index contributed by atoms with van der Waals surface area (Å²) in [4.78, 5) is 54.5. The number of ether oxygens (including phenoxy) is 1. The molecule has 9 nitrogen and oxygen atoms in total. The highest BCUT2D eigenvalue weighted by atomic mass is 16.5. The van der Waals surface area contributed by atoms with Crippen molar-refractivity contribution in [2.75, 3.05) is 31.2 Å². The summed E-state index contributed by atoms with van der Waals surface area (Å²) < 4.78 is 7.15. The van der Waals surface area contributed by atoms with E-state index in [2.05, 4.69) is 5.32 Å². The van der Waals surface area contributed by atoms with Gasteiger partial charge in [-0.2, -0.15) is 0 Å². The predicted octanol–water partition coefficient (Wildman–Crippen LogP) is 2.78. The fourth-order valence-corrected chi connectivity index (χ4v) is 4.59. The van der Waals surface area contributed by atoms with E-state index in [1.54, 1.807) is 23.2 Å². The molecule has 1 aromatic heterocycles. The molecule has 9 heteroatoms. The molecule has 0 atom stereocenters. The fraction of sp³-hybridized carbons (Fsp3) is 0.259. The van der Waals surface area contributed by atoms with Crippen molar-refractivity contribution in [3.8, 4) is 0 Å². The number of urea groups is 1. The Balaban J connectivity index is 1.52. The summed E-state index contributed by atoms with van der Waals surface area (Å²) in [5, 5.41) is 3.07. The van der Waals surface area contributed by atoms with Gasteiger partial charge in [0.15, 0.2) is 0 Å². The number of amides is 5. The van der Waals surface area contributed by atoms with Crippen LogP contribution in [-0.4, -0.2) is 59.5 Å². The second-order valence-electron chi connectivity index (χ2n) is 8.90. The first-order valence-corrected chi connectivity index (χ1v) is 11.8. The normalized spacial score (nSPS) is 17.7. The molecule has 36 heavy (non-hydrogen) atoms. The average Bonchev–Trinajstić information content (AvgIpc) is 3.22. The maximum atomic E-state index is 13.4. The molecule has 3 heterocycles. The summed E-state index contributed by atoms with van der Waals surface area (Å²) in [6.45, 7) is 5.96. The average molecular weight is 487 g/mol. The predicted molar refractivity (Wildman–Crippen MR) is 134 cm³/mol. The molecule has 0 unspecified atom stereocenters. The van der Waals surface area contributed by atoms with Crippen molar-refractivity contribution in [3.63, 3.8) is 0 Å². The molecule has 184 valence electrons. The standard InChI is InChI=1S/C27H26N4O5/c1-17-6-5-9-22(18(17)2)31-26(34)21(25(33)28-27(31)35)14-19-15-30(23-8-4-3-7-20(19)23)16-24(32)29-10-12-36-13-11-29/h3-9,14-15H,10-13,16H2,1-2H3,(H,28,33,35)/b21-14+. The lowest BCUT2D eigenvalue weighted by Crippen LogP contribution is -2.54. The van der Waals surface area contributed by atoms with E-state index in [4.69, 9.17) is 4.74 Å². The zero-order valence-corrected chi connectivity index (χ0v) is 20.1. The lowest BCUT2D eigenvalue weighted by atomic mass is 10.0. The first kappa shape index (κ1) is 23.5. The minimum absolute atomic E-state index is 0.0311. The van der Waals surface area contributed by atoms with E-state index in [0.29, 0.717) is 37.6 Å². The second-order valence-corrected chi connectivity index (χ2v) is 8.90. The van der Waals surface area contributed by atoms with Gasteiger partial charge in [0.25, 0.3) is 11.8 Å². The molecule has 0 radical (unpaired) electrons. The zero-order valence-electron chi connectivity index (χ0n) is 20.1. The van der Waals surface area contributed by atoms with Crippen molar-refractivity contribution < 1.29 is 23.9 Å². The van der Waals surface area contributed by atoms with Gasteiger partial charge in [-0.1, -0.05) is 30.3 Å². The Kier molecular flexibility index (Phi) is 6.15. The van der Waals surface area contributed by atoms with Crippen molar-refractivity contribution in [2.24, 2.45) is 0 Å². The number of benzene rings is 2. The molecule has 0 bridgehead atoms. The fourth-order valence-electron chi connectivity index (χ4n) is 4.59. The van der Waals surface area contributed by atoms with E-state index in [9.17, 15) is 19.2 Å². The first-order chi connectivity index (χ1) is 17.3. The third-order valence-electron chi connectivity index (χ3n) is 6.71. The van der Waals surface area contributed by atoms with Gasteiger partial charge in [0.05, 0.1) is 18.9 Å². The molecule has 5 rings (SSSR count). The molecule has 2 aromatic carbocycles. The van der Waals surface area contributed by atoms with Crippen LogP contribution in [0.25, 0.3) is 17.0 Å². The number of barbiturate groups is 1. The van der Waals surface area contributed by atoms with Gasteiger partial charge in [-0.05, 0) is 43.2 Å². The summed E-state index contributed by atoms with van der Waals surface area (Å²) in [6, 6.07) is 12.0. The van der Waals surface area contributed by atoms with Crippen LogP contribution in [0.4, 0.5) is 10.5 Å². The number of imide groups is 2. The Labute approximate surface area is 207 Å². The molecule has 5 amide bonds. The molecule has 0 spiro atoms. The van der Waals surface area contributed by atoms with Crippen LogP contribution >= 0.6 is 0 Å². The van der Waals surface area contributed by atoms with Crippen molar-refractivity contribution in [1.29, 1.82) is 0 Å². The Morgan fingerprint density at radius 1 is 1.03 bits per heavy atom. The van der Waals surface area contributed by atoms with Crippen molar-refractivity contribution in [2.45, 2.75) is 20.4 Å². The largest absolute Gasteiger partial charge is 0.378 e. The number of carbonyl (C=O) groups excluding carboxylic acids is 4. The second kappa shape index (κ2) is 9.43. The lowest BCUT2D eigenvalue weighted by molar-refractivity contribution is -0.135. The van der Waals surface area contributed by atoms with Crippen LogP contribution in [0.3, 0.4) is 0 Å². The van der Waals surface area contributed by atoms with E-state index >= 15 is 0 Å². The van der Waals surface area contributed by atoms with Gasteiger partial charge in [0.1, 0.15) is 12.1 Å². The van der Waals surface area contributed by atoms with Gasteiger partial charge in [-0.15, -0.1) is 0 Å². The first-order valence-electron chi connectivity index (χ1n) is 11.8. The van der Waals surface area contributed by atoms with Crippen molar-refractivity contribution in [1.82, 2.24) is 14.8 Å². The number of fused-ring (bicyclic) bond motifs is 1. The van der Waals surface area contributed by atoms with Crippen LogP contribution in [-0.2, 0) is 25.7 Å². The minimum Gasteiger partial charge on any atom is -0.378 e. The van der Waals surface area contributed by atoms with E-state index in [0.717, 1.165) is 26.9 Å². The molecular weight excluding hydrogens is 460 g/mol. The van der Waals surface area contributed by atoms with Crippen LogP contribution in [0.1, 0.15) is 16.7 Å². The van der Waals surface area contributed by atoms with Crippen LogP contribution in [0, 0.1) is 13.8 Å².